The minimum atomic E-state index is -0.881. The van der Waals surface area contributed by atoms with Gasteiger partial charge in [-0.05, 0) is 59.4 Å². The van der Waals surface area contributed by atoms with Crippen molar-refractivity contribution in [3.05, 3.63) is 136 Å². The molecule has 4 aromatic carbocycles. The normalized spacial score (nSPS) is 24.6. The second kappa shape index (κ2) is 13.6. The molecule has 0 spiro atoms. The van der Waals surface area contributed by atoms with Gasteiger partial charge in [0, 0.05) is 5.02 Å². The fourth-order valence-corrected chi connectivity index (χ4v) is 6.04. The molecular formula is C36H37ClO6. The maximum absolute atomic E-state index is 10.6. The van der Waals surface area contributed by atoms with Crippen molar-refractivity contribution in [3.63, 3.8) is 0 Å². The lowest BCUT2D eigenvalue weighted by Crippen LogP contribution is -2.73. The van der Waals surface area contributed by atoms with Crippen molar-refractivity contribution in [1.82, 2.24) is 0 Å². The first-order chi connectivity index (χ1) is 21.1. The van der Waals surface area contributed by atoms with E-state index in [2.05, 4.69) is 18.2 Å². The summed E-state index contributed by atoms with van der Waals surface area (Å²) in [6.07, 6.45) is -1.32. The van der Waals surface area contributed by atoms with E-state index < -0.39 is 30.0 Å². The van der Waals surface area contributed by atoms with E-state index in [4.69, 9.17) is 35.3 Å². The third-order valence-corrected chi connectivity index (χ3v) is 8.54. The molecule has 5 unspecified atom stereocenters. The highest BCUT2D eigenvalue weighted by Gasteiger charge is 2.62. The first-order valence-corrected chi connectivity index (χ1v) is 15.2. The molecule has 2 fully saturated rings. The van der Waals surface area contributed by atoms with Crippen molar-refractivity contribution >= 4 is 11.6 Å². The lowest BCUT2D eigenvalue weighted by Gasteiger charge is -2.58. The summed E-state index contributed by atoms with van der Waals surface area (Å²) in [5, 5.41) is 11.2. The van der Waals surface area contributed by atoms with E-state index in [1.807, 2.05) is 91.9 Å². The van der Waals surface area contributed by atoms with Gasteiger partial charge in [-0.15, -0.1) is 0 Å². The van der Waals surface area contributed by atoms with E-state index in [9.17, 15) is 5.11 Å². The standard InChI is InChI=1S/C36H37ClO6/c1-2-39-30-16-13-25(14-17-30)19-29-20-28(15-18-31(29)37)32-33(40-21-26-9-5-3-6-10-26)34(35-36(23-38,43-32)24-42-35)41-22-27-11-7-4-8-12-27/h3-18,20,32-35,38H,2,19,21-24H2,1H3. The monoisotopic (exact) mass is 600 g/mol. The Morgan fingerprint density at radius 1 is 0.814 bits per heavy atom. The number of hydrogen-bond donors (Lipinski definition) is 1. The summed E-state index contributed by atoms with van der Waals surface area (Å²) in [5.41, 5.74) is 4.21. The summed E-state index contributed by atoms with van der Waals surface area (Å²) >= 11 is 6.73. The van der Waals surface area contributed by atoms with Crippen LogP contribution < -0.4 is 4.74 Å². The Hall–Kier alpha value is -3.23. The molecule has 1 N–H and O–H groups in total. The van der Waals surface area contributed by atoms with Crippen LogP contribution in [0.4, 0.5) is 0 Å². The van der Waals surface area contributed by atoms with Crippen LogP contribution in [0.3, 0.4) is 0 Å². The second-order valence-electron chi connectivity index (χ2n) is 11.1. The zero-order chi connectivity index (χ0) is 29.6. The van der Waals surface area contributed by atoms with Crippen molar-refractivity contribution < 1.29 is 28.8 Å². The molecule has 4 aromatic rings. The molecule has 6 nitrogen and oxygen atoms in total. The Balaban J connectivity index is 1.32. The van der Waals surface area contributed by atoms with Gasteiger partial charge in [-0.2, -0.15) is 0 Å². The van der Waals surface area contributed by atoms with Crippen LogP contribution in [0.2, 0.25) is 5.02 Å². The maximum Gasteiger partial charge on any atom is 0.144 e. The largest absolute Gasteiger partial charge is 0.494 e. The fraction of sp³-hybridized carbons (Fsp3) is 0.333. The highest BCUT2D eigenvalue weighted by atomic mass is 35.5. The number of fused-ring (bicyclic) bond motifs is 1. The van der Waals surface area contributed by atoms with E-state index in [1.54, 1.807) is 0 Å². The van der Waals surface area contributed by atoms with E-state index in [0.29, 0.717) is 31.3 Å². The van der Waals surface area contributed by atoms with Crippen LogP contribution in [0, 0.1) is 0 Å². The van der Waals surface area contributed by atoms with Crippen LogP contribution in [0.15, 0.2) is 103 Å². The zero-order valence-corrected chi connectivity index (χ0v) is 25.0. The molecule has 224 valence electrons. The smallest absolute Gasteiger partial charge is 0.144 e. The van der Waals surface area contributed by atoms with Gasteiger partial charge in [0.15, 0.2) is 0 Å². The Kier molecular flexibility index (Phi) is 9.43. The summed E-state index contributed by atoms with van der Waals surface area (Å²) in [7, 11) is 0. The molecular weight excluding hydrogens is 564 g/mol. The summed E-state index contributed by atoms with van der Waals surface area (Å²) in [6, 6.07) is 34.1. The van der Waals surface area contributed by atoms with Gasteiger partial charge in [-0.3, -0.25) is 0 Å². The van der Waals surface area contributed by atoms with Gasteiger partial charge in [0.2, 0.25) is 0 Å². The highest BCUT2D eigenvalue weighted by molar-refractivity contribution is 6.31. The average Bonchev–Trinajstić information content (AvgIpc) is 3.03. The number of aliphatic hydroxyl groups excluding tert-OH is 1. The first kappa shape index (κ1) is 29.8. The summed E-state index contributed by atoms with van der Waals surface area (Å²) < 4.78 is 31.6. The number of ether oxygens (including phenoxy) is 5. The van der Waals surface area contributed by atoms with Crippen molar-refractivity contribution in [1.29, 1.82) is 0 Å². The summed E-state index contributed by atoms with van der Waals surface area (Å²) in [6.45, 7) is 3.46. The summed E-state index contributed by atoms with van der Waals surface area (Å²) in [5.74, 6) is 0.841. The molecule has 0 aromatic heterocycles. The van der Waals surface area contributed by atoms with Crippen molar-refractivity contribution in [2.24, 2.45) is 0 Å². The summed E-state index contributed by atoms with van der Waals surface area (Å²) in [4.78, 5) is 0. The Morgan fingerprint density at radius 2 is 1.47 bits per heavy atom. The van der Waals surface area contributed by atoms with Crippen molar-refractivity contribution in [3.8, 4) is 5.75 Å². The molecule has 2 saturated heterocycles. The van der Waals surface area contributed by atoms with Crippen LogP contribution in [0.1, 0.15) is 40.8 Å². The molecule has 2 heterocycles. The van der Waals surface area contributed by atoms with Gasteiger partial charge in [0.05, 0.1) is 33.0 Å². The molecule has 5 atom stereocenters. The van der Waals surface area contributed by atoms with E-state index in [-0.39, 0.29) is 13.2 Å². The number of aliphatic hydroxyl groups is 1. The predicted octanol–water partition coefficient (Wildman–Crippen LogP) is 6.70. The maximum atomic E-state index is 10.6. The molecule has 0 bridgehead atoms. The molecule has 0 saturated carbocycles. The van der Waals surface area contributed by atoms with Crippen LogP contribution in [0.25, 0.3) is 0 Å². The molecule has 6 rings (SSSR count). The molecule has 0 aliphatic carbocycles. The molecule has 43 heavy (non-hydrogen) atoms. The van der Waals surface area contributed by atoms with Gasteiger partial charge in [-0.1, -0.05) is 96.5 Å². The molecule has 7 heteroatoms. The zero-order valence-electron chi connectivity index (χ0n) is 24.2. The molecule has 0 radical (unpaired) electrons. The Morgan fingerprint density at radius 3 is 2.05 bits per heavy atom. The van der Waals surface area contributed by atoms with Crippen LogP contribution in [-0.2, 0) is 38.6 Å². The van der Waals surface area contributed by atoms with Gasteiger partial charge >= 0.3 is 0 Å². The minimum Gasteiger partial charge on any atom is -0.494 e. The highest BCUT2D eigenvalue weighted by Crippen LogP contribution is 2.47. The molecule has 0 amide bonds. The Bertz CT molecular complexity index is 1460. The third kappa shape index (κ3) is 6.65. The lowest BCUT2D eigenvalue weighted by molar-refractivity contribution is -0.375. The molecule has 2 aliphatic heterocycles. The van der Waals surface area contributed by atoms with Gasteiger partial charge in [0.25, 0.3) is 0 Å². The number of benzene rings is 4. The number of rotatable bonds is 12. The van der Waals surface area contributed by atoms with Gasteiger partial charge in [-0.25, -0.2) is 0 Å². The minimum absolute atomic E-state index is 0.183. The van der Waals surface area contributed by atoms with Crippen molar-refractivity contribution in [2.75, 3.05) is 19.8 Å². The van der Waals surface area contributed by atoms with E-state index in [1.165, 1.54) is 0 Å². The van der Waals surface area contributed by atoms with Gasteiger partial charge in [0.1, 0.15) is 35.8 Å². The van der Waals surface area contributed by atoms with E-state index in [0.717, 1.165) is 33.6 Å². The quantitative estimate of drug-likeness (QED) is 0.195. The third-order valence-electron chi connectivity index (χ3n) is 8.17. The van der Waals surface area contributed by atoms with Crippen LogP contribution in [-0.4, -0.2) is 48.8 Å². The van der Waals surface area contributed by atoms with Crippen LogP contribution in [0.5, 0.6) is 5.75 Å². The van der Waals surface area contributed by atoms with Crippen molar-refractivity contribution in [2.45, 2.75) is 56.6 Å². The van der Waals surface area contributed by atoms with E-state index >= 15 is 0 Å². The lowest BCUT2D eigenvalue weighted by atomic mass is 9.79. The van der Waals surface area contributed by atoms with Crippen LogP contribution >= 0.6 is 11.6 Å². The topological polar surface area (TPSA) is 66.4 Å². The predicted molar refractivity (Wildman–Crippen MR) is 165 cm³/mol. The fourth-order valence-electron chi connectivity index (χ4n) is 5.85. The van der Waals surface area contributed by atoms with Gasteiger partial charge < -0.3 is 28.8 Å². The number of hydrogen-bond acceptors (Lipinski definition) is 6. The Labute approximate surface area is 258 Å². The first-order valence-electron chi connectivity index (χ1n) is 14.8. The second-order valence-corrected chi connectivity index (χ2v) is 11.5. The molecule has 2 aliphatic rings. The number of halogens is 1. The SMILES string of the molecule is CCOc1ccc(Cc2cc(C3OC4(CO)COC4C(OCc4ccccc4)C3OCc3ccccc3)ccc2Cl)cc1. The average molecular weight is 601 g/mol.